The molecule has 0 spiro atoms. The summed E-state index contributed by atoms with van der Waals surface area (Å²) in [7, 11) is 0. The fraction of sp³-hybridized carbons (Fsp3) is 0.200. The van der Waals surface area contributed by atoms with Crippen LogP contribution in [0, 0.1) is 0 Å². The molecule has 3 N–H and O–H groups in total. The maximum atomic E-state index is 12.7. The number of carbonyl (C=O) groups is 2. The van der Waals surface area contributed by atoms with Crippen molar-refractivity contribution in [2.75, 3.05) is 0 Å². The van der Waals surface area contributed by atoms with Gasteiger partial charge in [0.25, 0.3) is 11.8 Å². The Labute approximate surface area is 156 Å². The topological polar surface area (TPSA) is 99.8 Å². The molecule has 0 fully saturated rings. The molecular weight excluding hydrogens is 342 g/mol. The molecule has 0 saturated carbocycles. The summed E-state index contributed by atoms with van der Waals surface area (Å²) in [6, 6.07) is 13.5. The molecule has 4 rings (SSSR count). The molecule has 0 saturated heterocycles. The number of fused-ring (bicyclic) bond motifs is 1. The number of imidazole rings is 1. The van der Waals surface area contributed by atoms with Crippen LogP contribution in [-0.4, -0.2) is 26.8 Å². The highest BCUT2D eigenvalue weighted by Gasteiger charge is 2.27. The highest BCUT2D eigenvalue weighted by molar-refractivity contribution is 6.04. The second-order valence-electron chi connectivity index (χ2n) is 6.39. The predicted molar refractivity (Wildman–Crippen MR) is 99.0 cm³/mol. The summed E-state index contributed by atoms with van der Waals surface area (Å²) in [6.45, 7) is 0.274. The van der Waals surface area contributed by atoms with Crippen LogP contribution in [0.25, 0.3) is 0 Å². The van der Waals surface area contributed by atoms with Crippen LogP contribution in [0.15, 0.2) is 55.0 Å². The van der Waals surface area contributed by atoms with Gasteiger partial charge >= 0.3 is 0 Å². The summed E-state index contributed by atoms with van der Waals surface area (Å²) in [4.78, 5) is 36.1. The maximum Gasteiger partial charge on any atom is 0.272 e. The Hall–Kier alpha value is -3.48. The average Bonchev–Trinajstić information content (AvgIpc) is 3.35. The van der Waals surface area contributed by atoms with E-state index in [4.69, 9.17) is 0 Å². The van der Waals surface area contributed by atoms with Gasteiger partial charge in [0.1, 0.15) is 5.69 Å². The average molecular weight is 361 g/mol. The monoisotopic (exact) mass is 361 g/mol. The third kappa shape index (κ3) is 3.57. The van der Waals surface area contributed by atoms with Crippen molar-refractivity contribution in [2.24, 2.45) is 0 Å². The molecule has 7 nitrogen and oxygen atoms in total. The first-order valence-corrected chi connectivity index (χ1v) is 8.82. The van der Waals surface area contributed by atoms with Crippen molar-refractivity contribution in [1.29, 1.82) is 0 Å². The minimum atomic E-state index is -0.393. The fourth-order valence-electron chi connectivity index (χ4n) is 3.34. The van der Waals surface area contributed by atoms with Gasteiger partial charge in [0.15, 0.2) is 5.69 Å². The lowest BCUT2D eigenvalue weighted by molar-refractivity contribution is 0.0903. The second kappa shape index (κ2) is 7.41. The van der Waals surface area contributed by atoms with Gasteiger partial charge in [-0.2, -0.15) is 0 Å². The van der Waals surface area contributed by atoms with Gasteiger partial charge in [0, 0.05) is 6.20 Å². The van der Waals surface area contributed by atoms with Gasteiger partial charge in [0.05, 0.1) is 24.6 Å². The van der Waals surface area contributed by atoms with Crippen LogP contribution in [-0.2, 0) is 13.0 Å². The number of nitrogens with one attached hydrogen (secondary N) is 3. The number of carbonyl (C=O) groups excluding carboxylic acids is 2. The Balaban J connectivity index is 1.44. The van der Waals surface area contributed by atoms with Gasteiger partial charge < -0.3 is 15.6 Å². The molecule has 2 aromatic heterocycles. The number of H-pyrrole nitrogens is 1. The van der Waals surface area contributed by atoms with Gasteiger partial charge in [0.2, 0.25) is 0 Å². The van der Waals surface area contributed by atoms with E-state index in [9.17, 15) is 9.59 Å². The zero-order valence-electron chi connectivity index (χ0n) is 14.6. The molecular formula is C20H19N5O2. The van der Waals surface area contributed by atoms with Gasteiger partial charge in [-0.3, -0.25) is 14.6 Å². The molecule has 2 amide bonds. The SMILES string of the molecule is O=C(NC1CCc2ccccc21)c1nc[nH]c1C(=O)NCc1ccccn1. The highest BCUT2D eigenvalue weighted by atomic mass is 16.2. The van der Waals surface area contributed by atoms with E-state index < -0.39 is 5.91 Å². The quantitative estimate of drug-likeness (QED) is 0.648. The Bertz CT molecular complexity index is 967. The van der Waals surface area contributed by atoms with E-state index in [0.29, 0.717) is 0 Å². The van der Waals surface area contributed by atoms with Crippen molar-refractivity contribution in [1.82, 2.24) is 25.6 Å². The number of aryl methyl sites for hydroxylation is 1. The smallest absolute Gasteiger partial charge is 0.272 e. The molecule has 1 aliphatic rings. The Kier molecular flexibility index (Phi) is 4.65. The van der Waals surface area contributed by atoms with E-state index >= 15 is 0 Å². The van der Waals surface area contributed by atoms with Crippen molar-refractivity contribution in [3.05, 3.63) is 83.2 Å². The lowest BCUT2D eigenvalue weighted by Gasteiger charge is -2.13. The number of hydrogen-bond acceptors (Lipinski definition) is 4. The Morgan fingerprint density at radius 3 is 2.78 bits per heavy atom. The first-order valence-electron chi connectivity index (χ1n) is 8.82. The largest absolute Gasteiger partial charge is 0.345 e. The molecule has 1 atom stereocenters. The lowest BCUT2D eigenvalue weighted by atomic mass is 10.1. The third-order valence-corrected chi connectivity index (χ3v) is 4.68. The number of pyridine rings is 1. The summed E-state index contributed by atoms with van der Waals surface area (Å²) in [6.07, 6.45) is 4.79. The molecule has 2 heterocycles. The number of aromatic nitrogens is 3. The molecule has 3 aromatic rings. The van der Waals surface area contributed by atoms with E-state index in [1.807, 2.05) is 36.4 Å². The molecule has 0 bridgehead atoms. The number of hydrogen-bond donors (Lipinski definition) is 3. The normalized spacial score (nSPS) is 15.2. The zero-order valence-corrected chi connectivity index (χ0v) is 14.6. The number of rotatable bonds is 5. The minimum Gasteiger partial charge on any atom is -0.345 e. The van der Waals surface area contributed by atoms with Crippen LogP contribution in [0.5, 0.6) is 0 Å². The van der Waals surface area contributed by atoms with Crippen LogP contribution >= 0.6 is 0 Å². The van der Waals surface area contributed by atoms with Gasteiger partial charge in [-0.25, -0.2) is 4.98 Å². The molecule has 0 radical (unpaired) electrons. The van der Waals surface area contributed by atoms with Crippen molar-refractivity contribution < 1.29 is 9.59 Å². The van der Waals surface area contributed by atoms with Crippen LogP contribution in [0.3, 0.4) is 0 Å². The van der Waals surface area contributed by atoms with E-state index in [1.165, 1.54) is 11.9 Å². The summed E-state index contributed by atoms with van der Waals surface area (Å²) in [5.41, 5.74) is 3.35. The maximum absolute atomic E-state index is 12.7. The van der Waals surface area contributed by atoms with Crippen LogP contribution in [0.4, 0.5) is 0 Å². The number of nitrogens with zero attached hydrogens (tertiary/aromatic N) is 2. The van der Waals surface area contributed by atoms with E-state index in [2.05, 4.69) is 31.7 Å². The molecule has 1 aromatic carbocycles. The summed E-state index contributed by atoms with van der Waals surface area (Å²) in [5.74, 6) is -0.754. The minimum absolute atomic E-state index is 0.0603. The molecule has 0 aliphatic heterocycles. The lowest BCUT2D eigenvalue weighted by Crippen LogP contribution is -2.31. The molecule has 27 heavy (non-hydrogen) atoms. The summed E-state index contributed by atoms with van der Waals surface area (Å²) < 4.78 is 0. The predicted octanol–water partition coefficient (Wildman–Crippen LogP) is 2.15. The number of amides is 2. The standard InChI is InChI=1S/C20H19N5O2/c26-19(22-11-14-6-3-4-10-21-14)17-18(24-12-23-17)20(27)25-16-9-8-13-5-1-2-7-15(13)16/h1-7,10,12,16H,8-9,11H2,(H,22,26)(H,23,24)(H,25,27). The molecule has 7 heteroatoms. The van der Waals surface area contributed by atoms with E-state index in [0.717, 1.165) is 24.1 Å². The molecule has 1 aliphatic carbocycles. The summed E-state index contributed by atoms with van der Waals surface area (Å²) >= 11 is 0. The number of benzene rings is 1. The molecule has 136 valence electrons. The molecule has 1 unspecified atom stereocenters. The van der Waals surface area contributed by atoms with Gasteiger partial charge in [-0.1, -0.05) is 30.3 Å². The van der Waals surface area contributed by atoms with Crippen molar-refractivity contribution in [3.63, 3.8) is 0 Å². The van der Waals surface area contributed by atoms with Crippen LogP contribution in [0.1, 0.15) is 50.3 Å². The van der Waals surface area contributed by atoms with Gasteiger partial charge in [-0.15, -0.1) is 0 Å². The Morgan fingerprint density at radius 2 is 1.93 bits per heavy atom. The van der Waals surface area contributed by atoms with Crippen molar-refractivity contribution >= 4 is 11.8 Å². The van der Waals surface area contributed by atoms with Crippen LogP contribution in [0.2, 0.25) is 0 Å². The van der Waals surface area contributed by atoms with Gasteiger partial charge in [-0.05, 0) is 36.1 Å². The first-order chi connectivity index (χ1) is 13.2. The first kappa shape index (κ1) is 17.0. The van der Waals surface area contributed by atoms with Crippen LogP contribution < -0.4 is 10.6 Å². The third-order valence-electron chi connectivity index (χ3n) is 4.68. The fourth-order valence-corrected chi connectivity index (χ4v) is 3.34. The highest BCUT2D eigenvalue weighted by Crippen LogP contribution is 2.30. The zero-order chi connectivity index (χ0) is 18.6. The second-order valence-corrected chi connectivity index (χ2v) is 6.39. The number of aromatic amines is 1. The van der Waals surface area contributed by atoms with Crippen molar-refractivity contribution in [2.45, 2.75) is 25.4 Å². The van der Waals surface area contributed by atoms with E-state index in [-0.39, 0.29) is 29.9 Å². The summed E-state index contributed by atoms with van der Waals surface area (Å²) in [5, 5.41) is 5.75. The Morgan fingerprint density at radius 1 is 1.07 bits per heavy atom. The van der Waals surface area contributed by atoms with E-state index in [1.54, 1.807) is 6.20 Å². The van der Waals surface area contributed by atoms with Crippen molar-refractivity contribution in [3.8, 4) is 0 Å².